The van der Waals surface area contributed by atoms with Crippen LogP contribution in [-0.4, -0.2) is 65.7 Å². The first-order valence-electron chi connectivity index (χ1n) is 13.5. The van der Waals surface area contributed by atoms with Crippen LogP contribution < -0.4 is 15.4 Å². The van der Waals surface area contributed by atoms with E-state index in [9.17, 15) is 19.1 Å². The van der Waals surface area contributed by atoms with Gasteiger partial charge in [-0.2, -0.15) is 0 Å². The molecule has 212 valence electrons. The van der Waals surface area contributed by atoms with E-state index in [1.807, 2.05) is 32.2 Å². The van der Waals surface area contributed by atoms with Gasteiger partial charge in [0.25, 0.3) is 0 Å². The van der Waals surface area contributed by atoms with Crippen LogP contribution in [0.1, 0.15) is 25.0 Å². The van der Waals surface area contributed by atoms with E-state index in [2.05, 4.69) is 34.6 Å². The number of nitrogens with zero attached hydrogens (tertiary/aromatic N) is 2. The third kappa shape index (κ3) is 7.80. The number of rotatable bonds is 8. The third-order valence-corrected chi connectivity index (χ3v) is 7.06. The molecule has 3 aromatic carbocycles. The van der Waals surface area contributed by atoms with Gasteiger partial charge >= 0.3 is 6.03 Å². The first-order valence-corrected chi connectivity index (χ1v) is 13.5. The maximum absolute atomic E-state index is 13.4. The van der Waals surface area contributed by atoms with Crippen molar-refractivity contribution in [1.82, 2.24) is 9.80 Å². The Hall–Kier alpha value is -3.95. The second kappa shape index (κ2) is 13.4. The van der Waals surface area contributed by atoms with E-state index < -0.39 is 11.8 Å². The molecule has 1 aliphatic rings. The highest BCUT2D eigenvalue weighted by molar-refractivity contribution is 5.99. The molecule has 3 amide bonds. The van der Waals surface area contributed by atoms with Crippen LogP contribution in [0.5, 0.6) is 5.75 Å². The molecule has 0 fully saturated rings. The van der Waals surface area contributed by atoms with E-state index in [0.717, 1.165) is 6.54 Å². The smallest absolute Gasteiger partial charge is 0.323 e. The molecule has 8 nitrogen and oxygen atoms in total. The highest BCUT2D eigenvalue weighted by atomic mass is 19.1. The summed E-state index contributed by atoms with van der Waals surface area (Å²) in [7, 11) is 2.04. The van der Waals surface area contributed by atoms with Crippen LogP contribution in [0.4, 0.5) is 20.6 Å². The Labute approximate surface area is 234 Å². The Morgan fingerprint density at radius 2 is 1.77 bits per heavy atom. The number of likely N-dealkylation sites (N-methyl/N-ethyl adjacent to an activating group) is 1. The number of hydrogen-bond acceptors (Lipinski definition) is 5. The van der Waals surface area contributed by atoms with Crippen molar-refractivity contribution in [3.63, 3.8) is 0 Å². The molecule has 0 saturated heterocycles. The SMILES string of the molecule is C[C@@H]1CN([C@@H](C)CO)C(=O)Cc2cc(NC(=O)Nc3ccc(F)cc3)ccc2O[C@H]1CN(C)Cc1ccccc1. The number of fused-ring (bicyclic) bond motifs is 1. The maximum atomic E-state index is 13.4. The van der Waals surface area contributed by atoms with Gasteiger partial charge in [-0.1, -0.05) is 37.3 Å². The quantitative estimate of drug-likeness (QED) is 0.378. The summed E-state index contributed by atoms with van der Waals surface area (Å²) < 4.78 is 19.8. The molecule has 1 heterocycles. The number of aliphatic hydroxyl groups is 1. The van der Waals surface area contributed by atoms with Crippen molar-refractivity contribution < 1.29 is 23.8 Å². The minimum Gasteiger partial charge on any atom is -0.488 e. The number of nitrogens with one attached hydrogen (secondary N) is 2. The Morgan fingerprint density at radius 3 is 2.48 bits per heavy atom. The van der Waals surface area contributed by atoms with Crippen LogP contribution in [0.3, 0.4) is 0 Å². The summed E-state index contributed by atoms with van der Waals surface area (Å²) in [5, 5.41) is 15.3. The van der Waals surface area contributed by atoms with Crippen LogP contribution in [0.25, 0.3) is 0 Å². The number of urea groups is 1. The molecule has 3 atom stereocenters. The van der Waals surface area contributed by atoms with Gasteiger partial charge in [0.15, 0.2) is 0 Å². The number of ether oxygens (including phenoxy) is 1. The second-order valence-corrected chi connectivity index (χ2v) is 10.5. The normalized spacial score (nSPS) is 18.1. The van der Waals surface area contributed by atoms with Crippen LogP contribution in [-0.2, 0) is 17.8 Å². The molecule has 3 N–H and O–H groups in total. The predicted octanol–water partition coefficient (Wildman–Crippen LogP) is 4.75. The van der Waals surface area contributed by atoms with Crippen molar-refractivity contribution in [2.45, 2.75) is 39.0 Å². The number of carbonyl (C=O) groups excluding carboxylic acids is 2. The van der Waals surface area contributed by atoms with Crippen LogP contribution >= 0.6 is 0 Å². The summed E-state index contributed by atoms with van der Waals surface area (Å²) in [4.78, 5) is 29.9. The number of benzene rings is 3. The molecule has 0 aliphatic carbocycles. The molecule has 40 heavy (non-hydrogen) atoms. The van der Waals surface area contributed by atoms with E-state index >= 15 is 0 Å². The molecular weight excluding hydrogens is 511 g/mol. The fourth-order valence-electron chi connectivity index (χ4n) is 4.82. The highest BCUT2D eigenvalue weighted by Gasteiger charge is 2.31. The van der Waals surface area contributed by atoms with Gasteiger partial charge in [-0.15, -0.1) is 0 Å². The van der Waals surface area contributed by atoms with Gasteiger partial charge in [-0.25, -0.2) is 9.18 Å². The summed E-state index contributed by atoms with van der Waals surface area (Å²) in [5.41, 5.74) is 2.78. The van der Waals surface area contributed by atoms with Gasteiger partial charge in [-0.3, -0.25) is 9.69 Å². The molecule has 0 spiro atoms. The molecule has 1 aliphatic heterocycles. The third-order valence-electron chi connectivity index (χ3n) is 7.06. The highest BCUT2D eigenvalue weighted by Crippen LogP contribution is 2.29. The first kappa shape index (κ1) is 29.0. The monoisotopic (exact) mass is 548 g/mol. The van der Waals surface area contributed by atoms with Gasteiger partial charge in [0, 0.05) is 42.5 Å². The molecule has 4 rings (SSSR count). The van der Waals surface area contributed by atoms with Crippen LogP contribution in [0.15, 0.2) is 72.8 Å². The average Bonchev–Trinajstić information content (AvgIpc) is 2.97. The van der Waals surface area contributed by atoms with Crippen molar-refractivity contribution in [2.24, 2.45) is 5.92 Å². The molecular formula is C31H37FN4O4. The fraction of sp³-hybridized carbons (Fsp3) is 0.355. The predicted molar refractivity (Wildman–Crippen MR) is 154 cm³/mol. The van der Waals surface area contributed by atoms with Crippen LogP contribution in [0, 0.1) is 11.7 Å². The number of halogens is 1. The van der Waals surface area contributed by atoms with E-state index in [0.29, 0.717) is 35.8 Å². The minimum atomic E-state index is -0.494. The number of anilines is 2. The van der Waals surface area contributed by atoms with Crippen molar-refractivity contribution in [3.05, 3.63) is 89.7 Å². The lowest BCUT2D eigenvalue weighted by atomic mass is 10.0. The largest absolute Gasteiger partial charge is 0.488 e. The van der Waals surface area contributed by atoms with E-state index in [1.54, 1.807) is 23.1 Å². The van der Waals surface area contributed by atoms with E-state index in [1.165, 1.54) is 29.8 Å². The average molecular weight is 549 g/mol. The lowest BCUT2D eigenvalue weighted by molar-refractivity contribution is -0.134. The van der Waals surface area contributed by atoms with Gasteiger partial charge in [0.1, 0.15) is 17.7 Å². The Kier molecular flexibility index (Phi) is 9.74. The zero-order valence-electron chi connectivity index (χ0n) is 23.1. The number of carbonyl (C=O) groups is 2. The topological polar surface area (TPSA) is 94.1 Å². The fourth-order valence-corrected chi connectivity index (χ4v) is 4.82. The van der Waals surface area contributed by atoms with Gasteiger partial charge < -0.3 is 25.4 Å². The Morgan fingerprint density at radius 1 is 1.10 bits per heavy atom. The zero-order valence-corrected chi connectivity index (χ0v) is 23.1. The van der Waals surface area contributed by atoms with Gasteiger partial charge in [0.05, 0.1) is 19.1 Å². The minimum absolute atomic E-state index is 0.0126. The van der Waals surface area contributed by atoms with Crippen molar-refractivity contribution in [1.29, 1.82) is 0 Å². The summed E-state index contributed by atoms with van der Waals surface area (Å²) in [6, 6.07) is 20.1. The Balaban J connectivity index is 1.55. The molecule has 0 aromatic heterocycles. The standard InChI is InChI=1S/C31H37FN4O4/c1-21-17-36(22(2)20-37)30(38)16-24-15-27(34-31(39)33-26-11-9-25(32)10-12-26)13-14-28(24)40-29(21)19-35(3)18-23-7-5-4-6-8-23/h4-15,21-22,29,37H,16-20H2,1-3H3,(H2,33,34,39)/t21-,22+,29+/m1/s1. The molecule has 9 heteroatoms. The summed E-state index contributed by atoms with van der Waals surface area (Å²) in [6.07, 6.45) is -0.166. The number of amides is 3. The number of aliphatic hydroxyl groups excluding tert-OH is 1. The molecule has 0 bridgehead atoms. The second-order valence-electron chi connectivity index (χ2n) is 10.5. The Bertz CT molecular complexity index is 1290. The summed E-state index contributed by atoms with van der Waals surface area (Å²) in [6.45, 7) is 5.58. The maximum Gasteiger partial charge on any atom is 0.323 e. The molecule has 3 aromatic rings. The van der Waals surface area contributed by atoms with Gasteiger partial charge in [-0.05, 0) is 62.0 Å². The molecule has 0 unspecified atom stereocenters. The summed E-state index contributed by atoms with van der Waals surface area (Å²) in [5.74, 6) is 0.0591. The molecule has 0 saturated carbocycles. The number of hydrogen-bond donors (Lipinski definition) is 3. The van der Waals surface area contributed by atoms with E-state index in [4.69, 9.17) is 4.74 Å². The first-order chi connectivity index (χ1) is 19.2. The van der Waals surface area contributed by atoms with Crippen LogP contribution in [0.2, 0.25) is 0 Å². The van der Waals surface area contributed by atoms with Gasteiger partial charge in [0.2, 0.25) is 5.91 Å². The van der Waals surface area contributed by atoms with Crippen molar-refractivity contribution in [3.8, 4) is 5.75 Å². The van der Waals surface area contributed by atoms with E-state index in [-0.39, 0.29) is 37.0 Å². The lowest BCUT2D eigenvalue weighted by Gasteiger charge is -2.34. The van der Waals surface area contributed by atoms with Crippen molar-refractivity contribution in [2.75, 3.05) is 37.4 Å². The van der Waals surface area contributed by atoms with Crippen molar-refractivity contribution >= 4 is 23.3 Å². The lowest BCUT2D eigenvalue weighted by Crippen LogP contribution is -2.47. The molecule has 0 radical (unpaired) electrons. The summed E-state index contributed by atoms with van der Waals surface area (Å²) >= 11 is 0. The zero-order chi connectivity index (χ0) is 28.6.